The van der Waals surface area contributed by atoms with Crippen LogP contribution >= 0.6 is 27.3 Å². The number of aromatic nitrogens is 1. The summed E-state index contributed by atoms with van der Waals surface area (Å²) in [5, 5.41) is 11.7. The lowest BCUT2D eigenvalue weighted by atomic mass is 9.95. The highest BCUT2D eigenvalue weighted by Gasteiger charge is 2.48. The predicted molar refractivity (Wildman–Crippen MR) is 147 cm³/mol. The Bertz CT molecular complexity index is 1530. The van der Waals surface area contributed by atoms with E-state index < -0.39 is 17.7 Å². The molecule has 1 unspecified atom stereocenters. The molecule has 1 saturated heterocycles. The minimum atomic E-state index is -0.865. The van der Waals surface area contributed by atoms with Gasteiger partial charge in [-0.3, -0.25) is 14.5 Å². The van der Waals surface area contributed by atoms with Crippen molar-refractivity contribution in [1.82, 2.24) is 4.98 Å². The molecule has 1 N–H and O–H groups in total. The fourth-order valence-electron chi connectivity index (χ4n) is 4.31. The van der Waals surface area contributed by atoms with E-state index in [9.17, 15) is 14.7 Å². The number of amides is 1. The highest BCUT2D eigenvalue weighted by atomic mass is 79.9. The molecule has 1 aliphatic rings. The molecule has 37 heavy (non-hydrogen) atoms. The lowest BCUT2D eigenvalue weighted by Gasteiger charge is -2.23. The molecule has 5 rings (SSSR count). The maximum atomic E-state index is 13.4. The first-order valence-corrected chi connectivity index (χ1v) is 13.3. The zero-order valence-corrected chi connectivity index (χ0v) is 22.5. The summed E-state index contributed by atoms with van der Waals surface area (Å²) in [4.78, 5) is 32.9. The number of aliphatic hydroxyl groups is 1. The van der Waals surface area contributed by atoms with Crippen LogP contribution in [0.3, 0.4) is 0 Å². The molecule has 1 fully saturated rings. The van der Waals surface area contributed by atoms with Gasteiger partial charge in [0.1, 0.15) is 17.3 Å². The number of ether oxygens (including phenoxy) is 2. The van der Waals surface area contributed by atoms with E-state index in [0.717, 1.165) is 9.17 Å². The third-order valence-electron chi connectivity index (χ3n) is 5.91. The van der Waals surface area contributed by atoms with Crippen molar-refractivity contribution in [3.8, 4) is 11.5 Å². The maximum Gasteiger partial charge on any atom is 0.301 e. The normalized spacial score (nSPS) is 16.9. The monoisotopic (exact) mass is 578 g/mol. The number of Topliss-reactive ketones (excluding diaryl/α,β-unsaturated/α-hetero) is 1. The van der Waals surface area contributed by atoms with Crippen molar-refractivity contribution in [1.29, 1.82) is 0 Å². The van der Waals surface area contributed by atoms with Gasteiger partial charge in [-0.1, -0.05) is 39.4 Å². The number of nitrogens with zero attached hydrogens (tertiary/aromatic N) is 2. The Balaban J connectivity index is 1.66. The molecule has 1 amide bonds. The smallest absolute Gasteiger partial charge is 0.301 e. The quantitative estimate of drug-likeness (QED) is 0.153. The minimum absolute atomic E-state index is 0.00141. The first kappa shape index (κ1) is 25.0. The van der Waals surface area contributed by atoms with Gasteiger partial charge in [-0.05, 0) is 74.0 Å². The Labute approximate surface area is 226 Å². The largest absolute Gasteiger partial charge is 0.507 e. The Morgan fingerprint density at radius 3 is 2.41 bits per heavy atom. The molecule has 0 radical (unpaired) electrons. The average Bonchev–Trinajstić information content (AvgIpc) is 3.42. The minimum Gasteiger partial charge on any atom is -0.507 e. The van der Waals surface area contributed by atoms with Crippen LogP contribution in [0.5, 0.6) is 11.5 Å². The number of rotatable bonds is 7. The van der Waals surface area contributed by atoms with E-state index in [0.29, 0.717) is 46.5 Å². The molecule has 0 saturated carbocycles. The molecule has 1 atom stereocenters. The van der Waals surface area contributed by atoms with Gasteiger partial charge in [0.2, 0.25) is 0 Å². The number of benzene rings is 3. The van der Waals surface area contributed by atoms with Crippen LogP contribution in [-0.4, -0.2) is 35.0 Å². The standard InChI is InChI=1S/C28H23BrN2O5S/c1-3-35-19-10-8-16(9-11-19)25(32)23-24(17-6-5-7-18(29)14-17)31(27(34)26(23)33)28-30-21-13-12-20(36-4-2)15-22(21)37-28/h5-15,24,32H,3-4H2,1-2H3/b25-23+. The number of anilines is 1. The molecule has 7 nitrogen and oxygen atoms in total. The molecule has 0 aliphatic carbocycles. The first-order chi connectivity index (χ1) is 17.9. The van der Waals surface area contributed by atoms with Crippen molar-refractivity contribution in [2.45, 2.75) is 19.9 Å². The number of carbonyl (C=O) groups is 2. The molecule has 9 heteroatoms. The zero-order chi connectivity index (χ0) is 26.1. The van der Waals surface area contributed by atoms with Gasteiger partial charge in [-0.2, -0.15) is 0 Å². The Hall–Kier alpha value is -3.69. The number of halogens is 1. The van der Waals surface area contributed by atoms with Crippen LogP contribution in [0.4, 0.5) is 5.13 Å². The van der Waals surface area contributed by atoms with Crippen molar-refractivity contribution in [2.75, 3.05) is 18.1 Å². The van der Waals surface area contributed by atoms with Crippen LogP contribution in [0.2, 0.25) is 0 Å². The number of fused-ring (bicyclic) bond motifs is 1. The zero-order valence-electron chi connectivity index (χ0n) is 20.1. The summed E-state index contributed by atoms with van der Waals surface area (Å²) in [6, 6.07) is 18.7. The van der Waals surface area contributed by atoms with Crippen LogP contribution in [0.1, 0.15) is 31.0 Å². The van der Waals surface area contributed by atoms with E-state index in [1.807, 2.05) is 56.3 Å². The van der Waals surface area contributed by atoms with E-state index in [-0.39, 0.29) is 11.3 Å². The number of carbonyl (C=O) groups excluding carboxylic acids is 2. The van der Waals surface area contributed by atoms with Crippen molar-refractivity contribution >= 4 is 60.1 Å². The second-order valence-electron chi connectivity index (χ2n) is 8.24. The van der Waals surface area contributed by atoms with Gasteiger partial charge in [0, 0.05) is 10.0 Å². The summed E-state index contributed by atoms with van der Waals surface area (Å²) >= 11 is 4.77. The lowest BCUT2D eigenvalue weighted by molar-refractivity contribution is -0.132. The Morgan fingerprint density at radius 1 is 1.00 bits per heavy atom. The van der Waals surface area contributed by atoms with Gasteiger partial charge in [0.15, 0.2) is 5.13 Å². The van der Waals surface area contributed by atoms with Gasteiger partial charge in [0.05, 0.1) is 35.0 Å². The van der Waals surface area contributed by atoms with Gasteiger partial charge < -0.3 is 14.6 Å². The molecular weight excluding hydrogens is 556 g/mol. The summed E-state index contributed by atoms with van der Waals surface area (Å²) in [6.45, 7) is 4.82. The van der Waals surface area contributed by atoms with Crippen molar-refractivity contribution in [3.63, 3.8) is 0 Å². The van der Waals surface area contributed by atoms with E-state index in [2.05, 4.69) is 20.9 Å². The number of ketones is 1. The number of hydrogen-bond acceptors (Lipinski definition) is 7. The molecule has 1 aliphatic heterocycles. The summed E-state index contributed by atoms with van der Waals surface area (Å²) in [6.07, 6.45) is 0. The molecular formula is C28H23BrN2O5S. The molecule has 0 spiro atoms. The van der Waals surface area contributed by atoms with Crippen LogP contribution in [0.15, 0.2) is 76.8 Å². The van der Waals surface area contributed by atoms with E-state index in [1.54, 1.807) is 24.3 Å². The second-order valence-corrected chi connectivity index (χ2v) is 10.2. The van der Waals surface area contributed by atoms with Crippen LogP contribution in [0, 0.1) is 0 Å². The average molecular weight is 579 g/mol. The maximum absolute atomic E-state index is 13.4. The van der Waals surface area contributed by atoms with Gasteiger partial charge in [-0.15, -0.1) is 0 Å². The summed E-state index contributed by atoms with van der Waals surface area (Å²) < 4.78 is 12.7. The summed E-state index contributed by atoms with van der Waals surface area (Å²) in [5.41, 5.74) is 1.76. The van der Waals surface area contributed by atoms with Crippen molar-refractivity contribution in [3.05, 3.63) is 87.9 Å². The van der Waals surface area contributed by atoms with E-state index in [1.165, 1.54) is 16.2 Å². The molecule has 1 aromatic heterocycles. The van der Waals surface area contributed by atoms with Crippen LogP contribution in [0.25, 0.3) is 16.0 Å². The highest BCUT2D eigenvalue weighted by molar-refractivity contribution is 9.10. The van der Waals surface area contributed by atoms with Gasteiger partial charge in [0.25, 0.3) is 5.78 Å². The molecule has 188 valence electrons. The second kappa shape index (κ2) is 10.4. The van der Waals surface area contributed by atoms with E-state index >= 15 is 0 Å². The fraction of sp³-hybridized carbons (Fsp3) is 0.179. The summed E-state index contributed by atoms with van der Waals surface area (Å²) in [7, 11) is 0. The molecule has 4 aromatic rings. The third-order valence-corrected chi connectivity index (χ3v) is 7.42. The van der Waals surface area contributed by atoms with Gasteiger partial charge in [-0.25, -0.2) is 4.98 Å². The Kier molecular flexibility index (Phi) is 6.99. The van der Waals surface area contributed by atoms with Crippen molar-refractivity contribution in [2.24, 2.45) is 0 Å². The van der Waals surface area contributed by atoms with E-state index in [4.69, 9.17) is 9.47 Å². The molecule has 0 bridgehead atoms. The van der Waals surface area contributed by atoms with Crippen LogP contribution < -0.4 is 14.4 Å². The Morgan fingerprint density at radius 2 is 1.70 bits per heavy atom. The highest BCUT2D eigenvalue weighted by Crippen LogP contribution is 2.45. The topological polar surface area (TPSA) is 89.0 Å². The number of thiazole rings is 1. The van der Waals surface area contributed by atoms with Crippen molar-refractivity contribution < 1.29 is 24.2 Å². The predicted octanol–water partition coefficient (Wildman–Crippen LogP) is 6.48. The number of aliphatic hydroxyl groups excluding tert-OH is 1. The fourth-order valence-corrected chi connectivity index (χ4v) is 5.74. The van der Waals surface area contributed by atoms with Gasteiger partial charge >= 0.3 is 5.91 Å². The lowest BCUT2D eigenvalue weighted by Crippen LogP contribution is -2.29. The number of hydrogen-bond donors (Lipinski definition) is 1. The SMILES string of the molecule is CCOc1ccc(/C(O)=C2\C(=O)C(=O)N(c3nc4ccc(OCC)cc4s3)C2c2cccc(Br)c2)cc1. The first-order valence-electron chi connectivity index (χ1n) is 11.7. The summed E-state index contributed by atoms with van der Waals surface area (Å²) in [5.74, 6) is -0.434. The third kappa shape index (κ3) is 4.72. The van der Waals surface area contributed by atoms with Crippen LogP contribution in [-0.2, 0) is 9.59 Å². The molecule has 3 aromatic carbocycles. The molecule has 2 heterocycles.